The fourth-order valence-electron chi connectivity index (χ4n) is 4.78. The molecule has 1 fully saturated rings. The Morgan fingerprint density at radius 3 is 2.65 bits per heavy atom. The van der Waals surface area contributed by atoms with E-state index >= 15 is 0 Å². The number of carboxylic acid groups (broad SMARTS) is 1. The van der Waals surface area contributed by atoms with Crippen molar-refractivity contribution in [2.24, 2.45) is 11.8 Å². The first-order valence-electron chi connectivity index (χ1n) is 12.3. The van der Waals surface area contributed by atoms with Crippen LogP contribution in [0.4, 0.5) is 9.59 Å². The number of nitrogens with one attached hydrogen (secondary N) is 3. The highest BCUT2D eigenvalue weighted by atomic mass is 35.5. The predicted octanol–water partition coefficient (Wildman–Crippen LogP) is 4.50. The van der Waals surface area contributed by atoms with E-state index in [1.165, 1.54) is 32.1 Å². The highest BCUT2D eigenvalue weighted by Gasteiger charge is 2.25. The van der Waals surface area contributed by atoms with Crippen molar-refractivity contribution < 1.29 is 19.4 Å². The summed E-state index contributed by atoms with van der Waals surface area (Å²) in [4.78, 5) is 25.4. The molecule has 8 nitrogen and oxygen atoms in total. The molecule has 0 heterocycles. The molecule has 3 atom stereocenters. The van der Waals surface area contributed by atoms with Gasteiger partial charge in [0, 0.05) is 43.7 Å². The predicted molar refractivity (Wildman–Crippen MR) is 135 cm³/mol. The zero-order chi connectivity index (χ0) is 24.9. The number of carbonyl (C=O) groups excluding carboxylic acids is 1. The molecule has 0 aliphatic heterocycles. The lowest BCUT2D eigenvalue weighted by molar-refractivity contribution is 0.0115. The Labute approximate surface area is 208 Å². The quantitative estimate of drug-likeness (QED) is 0.301. The van der Waals surface area contributed by atoms with Crippen molar-refractivity contribution in [1.29, 1.82) is 0 Å². The van der Waals surface area contributed by atoms with Crippen LogP contribution in [-0.4, -0.2) is 68.5 Å². The van der Waals surface area contributed by atoms with Gasteiger partial charge in [-0.2, -0.15) is 0 Å². The Balaban J connectivity index is 1.97. The lowest BCUT2D eigenvalue weighted by Crippen LogP contribution is -2.48. The molecule has 4 N–H and O–H groups in total. The van der Waals surface area contributed by atoms with E-state index in [4.69, 9.17) is 21.4 Å². The highest BCUT2D eigenvalue weighted by molar-refractivity contribution is 6.30. The summed E-state index contributed by atoms with van der Waals surface area (Å²) >= 11 is 6.19. The zero-order valence-electron chi connectivity index (χ0n) is 20.7. The van der Waals surface area contributed by atoms with Crippen molar-refractivity contribution >= 4 is 23.7 Å². The summed E-state index contributed by atoms with van der Waals surface area (Å²) in [5, 5.41) is 18.1. The van der Waals surface area contributed by atoms with Crippen molar-refractivity contribution in [2.45, 2.75) is 57.6 Å². The summed E-state index contributed by atoms with van der Waals surface area (Å²) < 4.78 is 6.04. The van der Waals surface area contributed by atoms with Gasteiger partial charge in [-0.05, 0) is 37.1 Å². The maximum absolute atomic E-state index is 13.0. The van der Waals surface area contributed by atoms with Gasteiger partial charge in [-0.1, -0.05) is 62.8 Å². The van der Waals surface area contributed by atoms with Gasteiger partial charge in [0.15, 0.2) is 0 Å². The molecule has 1 aliphatic rings. The number of halogens is 1. The Kier molecular flexibility index (Phi) is 12.5. The Morgan fingerprint density at radius 2 is 2.00 bits per heavy atom. The van der Waals surface area contributed by atoms with Gasteiger partial charge in [0.05, 0.1) is 12.7 Å². The van der Waals surface area contributed by atoms with E-state index in [-0.39, 0.29) is 37.2 Å². The molecule has 3 unspecified atom stereocenters. The van der Waals surface area contributed by atoms with E-state index < -0.39 is 6.09 Å². The fourth-order valence-corrected chi connectivity index (χ4v) is 4.98. The number of nitrogens with zero attached hydrogens (tertiary/aromatic N) is 1. The number of urea groups is 1. The molecule has 3 amide bonds. The monoisotopic (exact) mass is 496 g/mol. The third-order valence-electron chi connectivity index (χ3n) is 6.40. The first kappa shape index (κ1) is 28.2. The molecule has 1 saturated carbocycles. The van der Waals surface area contributed by atoms with Crippen LogP contribution in [0.3, 0.4) is 0 Å². The van der Waals surface area contributed by atoms with Crippen molar-refractivity contribution in [3.63, 3.8) is 0 Å². The van der Waals surface area contributed by atoms with Gasteiger partial charge in [0.2, 0.25) is 0 Å². The van der Waals surface area contributed by atoms with Gasteiger partial charge < -0.3 is 30.7 Å². The number of benzene rings is 1. The van der Waals surface area contributed by atoms with Crippen LogP contribution in [0.1, 0.15) is 57.1 Å². The van der Waals surface area contributed by atoms with Crippen LogP contribution in [0.15, 0.2) is 24.3 Å². The van der Waals surface area contributed by atoms with Crippen molar-refractivity contribution in [3.8, 4) is 0 Å². The molecule has 0 bridgehead atoms. The molecular formula is C25H41ClN4O4. The van der Waals surface area contributed by atoms with E-state index in [0.29, 0.717) is 17.5 Å². The van der Waals surface area contributed by atoms with Crippen molar-refractivity contribution in [1.82, 2.24) is 20.9 Å². The topological polar surface area (TPSA) is 103 Å². The molecule has 1 aromatic carbocycles. The molecule has 0 saturated heterocycles. The standard InChI is InChI=1S/C25H41ClN4O4/c1-18(23(34-13-12-28-25(32)33)20-10-7-11-21(26)15-20)17-30(3)24(31)29-22(16-27-2)14-19-8-5-4-6-9-19/h7,10-11,15,18-19,22-23,27-28H,4-6,8-9,12-14,16-17H2,1-3H3,(H,29,31)(H,32,33). The van der Waals surface area contributed by atoms with E-state index in [9.17, 15) is 9.59 Å². The van der Waals surface area contributed by atoms with E-state index in [1.54, 1.807) is 18.0 Å². The number of ether oxygens (including phenoxy) is 1. The smallest absolute Gasteiger partial charge is 0.404 e. The summed E-state index contributed by atoms with van der Waals surface area (Å²) in [6.07, 6.45) is 5.97. The zero-order valence-corrected chi connectivity index (χ0v) is 21.4. The average Bonchev–Trinajstić information content (AvgIpc) is 2.79. The van der Waals surface area contributed by atoms with Gasteiger partial charge in [-0.3, -0.25) is 0 Å². The highest BCUT2D eigenvalue weighted by Crippen LogP contribution is 2.29. The second-order valence-corrected chi connectivity index (χ2v) is 9.82. The summed E-state index contributed by atoms with van der Waals surface area (Å²) in [6.45, 7) is 3.65. The molecule has 1 aliphatic carbocycles. The van der Waals surface area contributed by atoms with E-state index in [1.807, 2.05) is 32.2 Å². The number of hydrogen-bond acceptors (Lipinski definition) is 4. The minimum Gasteiger partial charge on any atom is -0.465 e. The lowest BCUT2D eigenvalue weighted by Gasteiger charge is -2.31. The van der Waals surface area contributed by atoms with Gasteiger partial charge in [-0.25, -0.2) is 9.59 Å². The first-order chi connectivity index (χ1) is 16.3. The maximum Gasteiger partial charge on any atom is 0.404 e. The van der Waals surface area contributed by atoms with Crippen molar-refractivity contribution in [3.05, 3.63) is 34.9 Å². The van der Waals surface area contributed by atoms with Gasteiger partial charge in [0.1, 0.15) is 0 Å². The Morgan fingerprint density at radius 1 is 1.26 bits per heavy atom. The Bertz CT molecular complexity index is 760. The SMILES string of the molecule is CNCC(CC1CCCCC1)NC(=O)N(C)CC(C)C(OCCNC(=O)O)c1cccc(Cl)c1. The summed E-state index contributed by atoms with van der Waals surface area (Å²) in [5.74, 6) is 0.636. The van der Waals surface area contributed by atoms with Crippen LogP contribution < -0.4 is 16.0 Å². The van der Waals surface area contributed by atoms with Crippen molar-refractivity contribution in [2.75, 3.05) is 40.3 Å². The number of rotatable bonds is 13. The number of hydrogen-bond donors (Lipinski definition) is 4. The minimum atomic E-state index is -1.09. The molecule has 0 aromatic heterocycles. The van der Waals surface area contributed by atoms with Crippen LogP contribution in [0.25, 0.3) is 0 Å². The third-order valence-corrected chi connectivity index (χ3v) is 6.63. The van der Waals surface area contributed by atoms with E-state index in [0.717, 1.165) is 18.5 Å². The molecule has 192 valence electrons. The van der Waals surface area contributed by atoms with Gasteiger partial charge in [0.25, 0.3) is 0 Å². The fraction of sp³-hybridized carbons (Fsp3) is 0.680. The normalized spacial score (nSPS) is 16.9. The number of amides is 3. The van der Waals surface area contributed by atoms with Gasteiger partial charge >= 0.3 is 12.1 Å². The molecule has 0 spiro atoms. The molecule has 1 aromatic rings. The molecule has 0 radical (unpaired) electrons. The largest absolute Gasteiger partial charge is 0.465 e. The Hall–Kier alpha value is -2.03. The lowest BCUT2D eigenvalue weighted by atomic mass is 9.85. The average molecular weight is 497 g/mol. The molecule has 34 heavy (non-hydrogen) atoms. The minimum absolute atomic E-state index is 0.0415. The summed E-state index contributed by atoms with van der Waals surface area (Å²) in [7, 11) is 3.71. The first-order valence-corrected chi connectivity index (χ1v) is 12.7. The van der Waals surface area contributed by atoms with Crippen LogP contribution in [-0.2, 0) is 4.74 Å². The van der Waals surface area contributed by atoms with Crippen LogP contribution in [0.5, 0.6) is 0 Å². The maximum atomic E-state index is 13.0. The number of likely N-dealkylation sites (N-methyl/N-ethyl adjacent to an activating group) is 1. The van der Waals surface area contributed by atoms with Crippen LogP contribution in [0, 0.1) is 11.8 Å². The molecule has 2 rings (SSSR count). The third kappa shape index (κ3) is 10.1. The summed E-state index contributed by atoms with van der Waals surface area (Å²) in [6, 6.07) is 7.44. The summed E-state index contributed by atoms with van der Waals surface area (Å²) in [5.41, 5.74) is 0.898. The van der Waals surface area contributed by atoms with Gasteiger partial charge in [-0.15, -0.1) is 0 Å². The molecular weight excluding hydrogens is 456 g/mol. The van der Waals surface area contributed by atoms with Crippen LogP contribution >= 0.6 is 11.6 Å². The molecule has 9 heteroatoms. The van der Waals surface area contributed by atoms with Crippen LogP contribution in [0.2, 0.25) is 5.02 Å². The second kappa shape index (κ2) is 15.1. The van der Waals surface area contributed by atoms with E-state index in [2.05, 4.69) is 16.0 Å². The number of carbonyl (C=O) groups is 2. The second-order valence-electron chi connectivity index (χ2n) is 9.38.